The summed E-state index contributed by atoms with van der Waals surface area (Å²) in [5, 5.41) is 2.77. The molecule has 0 bridgehead atoms. The fraction of sp³-hybridized carbons (Fsp3) is 0.500. The largest absolute Gasteiger partial charge is 0.454 e. The van der Waals surface area contributed by atoms with Crippen molar-refractivity contribution in [2.75, 3.05) is 19.9 Å². The van der Waals surface area contributed by atoms with E-state index in [1.54, 1.807) is 17.9 Å². The van der Waals surface area contributed by atoms with Gasteiger partial charge in [-0.05, 0) is 57.2 Å². The van der Waals surface area contributed by atoms with E-state index in [1.165, 1.54) is 0 Å². The lowest BCUT2D eigenvalue weighted by atomic mass is 9.92. The van der Waals surface area contributed by atoms with Crippen molar-refractivity contribution >= 4 is 17.8 Å². The highest BCUT2D eigenvalue weighted by Gasteiger charge is 2.48. The minimum Gasteiger partial charge on any atom is -0.454 e. The normalized spacial score (nSPS) is 22.7. The molecule has 1 atom stereocenters. The molecular formula is C22H27N3O5. The monoisotopic (exact) mass is 413 g/mol. The highest BCUT2D eigenvalue weighted by molar-refractivity contribution is 6.09. The molecular weight excluding hydrogens is 386 g/mol. The lowest BCUT2D eigenvalue weighted by Crippen LogP contribution is -2.47. The van der Waals surface area contributed by atoms with E-state index < -0.39 is 17.5 Å². The number of amides is 4. The van der Waals surface area contributed by atoms with Gasteiger partial charge < -0.3 is 19.7 Å². The van der Waals surface area contributed by atoms with Crippen LogP contribution in [0.5, 0.6) is 11.5 Å². The first-order valence-corrected chi connectivity index (χ1v) is 10.4. The lowest BCUT2D eigenvalue weighted by Gasteiger charge is -2.28. The van der Waals surface area contributed by atoms with E-state index in [9.17, 15) is 14.4 Å². The second-order valence-electron chi connectivity index (χ2n) is 8.10. The molecule has 2 aliphatic heterocycles. The van der Waals surface area contributed by atoms with Crippen LogP contribution in [-0.4, -0.2) is 53.1 Å². The van der Waals surface area contributed by atoms with Crippen molar-refractivity contribution in [3.05, 3.63) is 35.5 Å². The number of ether oxygens (including phenoxy) is 2. The van der Waals surface area contributed by atoms with E-state index in [0.717, 1.165) is 41.8 Å². The number of benzene rings is 1. The van der Waals surface area contributed by atoms with Crippen molar-refractivity contribution in [2.24, 2.45) is 0 Å². The fourth-order valence-electron chi connectivity index (χ4n) is 4.30. The number of imide groups is 1. The molecule has 0 radical (unpaired) electrons. The zero-order valence-corrected chi connectivity index (χ0v) is 17.4. The van der Waals surface area contributed by atoms with E-state index in [-0.39, 0.29) is 19.2 Å². The number of nitrogens with one attached hydrogen (secondary N) is 1. The number of likely N-dealkylation sites (N-methyl/N-ethyl adjacent to an activating group) is 1. The third kappa shape index (κ3) is 3.74. The third-order valence-electron chi connectivity index (χ3n) is 5.86. The zero-order valence-electron chi connectivity index (χ0n) is 17.4. The number of carbonyl (C=O) groups excluding carboxylic acids is 3. The topological polar surface area (TPSA) is 88.2 Å². The number of nitrogens with zero attached hydrogens (tertiary/aromatic N) is 2. The van der Waals surface area contributed by atoms with Crippen LogP contribution < -0.4 is 14.8 Å². The number of urea groups is 1. The van der Waals surface area contributed by atoms with E-state index in [1.807, 2.05) is 19.1 Å². The van der Waals surface area contributed by atoms with Gasteiger partial charge in [0.2, 0.25) is 12.7 Å². The SMILES string of the molecule is CCN(C(=O)CN1C(=O)N[C@@](C)(Cc2ccc3c(c2)OCO3)C1=O)C1=CCCCC1. The molecule has 0 spiro atoms. The van der Waals surface area contributed by atoms with Crippen LogP contribution in [0.3, 0.4) is 0 Å². The molecule has 1 aromatic rings. The number of carbonyl (C=O) groups is 3. The maximum atomic E-state index is 13.1. The summed E-state index contributed by atoms with van der Waals surface area (Å²) in [7, 11) is 0. The first-order chi connectivity index (χ1) is 14.4. The third-order valence-corrected chi connectivity index (χ3v) is 5.86. The Labute approximate surface area is 175 Å². The summed E-state index contributed by atoms with van der Waals surface area (Å²) >= 11 is 0. The Hall–Kier alpha value is -3.03. The van der Waals surface area contributed by atoms with Crippen LogP contribution >= 0.6 is 0 Å². The van der Waals surface area contributed by atoms with Crippen molar-refractivity contribution in [3.8, 4) is 11.5 Å². The Balaban J connectivity index is 1.46. The molecule has 3 aliphatic rings. The molecule has 8 heteroatoms. The molecule has 0 aromatic heterocycles. The van der Waals surface area contributed by atoms with Gasteiger partial charge in [0.25, 0.3) is 5.91 Å². The molecule has 1 aromatic carbocycles. The summed E-state index contributed by atoms with van der Waals surface area (Å²) in [6, 6.07) is 4.92. The smallest absolute Gasteiger partial charge is 0.325 e. The van der Waals surface area contributed by atoms with Gasteiger partial charge in [-0.15, -0.1) is 0 Å². The molecule has 8 nitrogen and oxygen atoms in total. The molecule has 4 rings (SSSR count). The number of allylic oxidation sites excluding steroid dienone is 2. The van der Waals surface area contributed by atoms with Gasteiger partial charge in [0, 0.05) is 18.7 Å². The van der Waals surface area contributed by atoms with Gasteiger partial charge in [0.1, 0.15) is 12.1 Å². The Bertz CT molecular complexity index is 912. The lowest BCUT2D eigenvalue weighted by molar-refractivity contribution is -0.137. The Kier molecular flexibility index (Phi) is 5.40. The summed E-state index contributed by atoms with van der Waals surface area (Å²) in [5.74, 6) is 0.655. The van der Waals surface area contributed by atoms with Crippen molar-refractivity contribution in [1.82, 2.24) is 15.1 Å². The van der Waals surface area contributed by atoms with Crippen molar-refractivity contribution in [1.29, 1.82) is 0 Å². The first kappa shape index (κ1) is 20.3. The molecule has 30 heavy (non-hydrogen) atoms. The van der Waals surface area contributed by atoms with E-state index in [2.05, 4.69) is 11.4 Å². The molecule has 1 aliphatic carbocycles. The first-order valence-electron chi connectivity index (χ1n) is 10.4. The summed E-state index contributed by atoms with van der Waals surface area (Å²) in [4.78, 5) is 41.3. The van der Waals surface area contributed by atoms with Crippen molar-refractivity contribution < 1.29 is 23.9 Å². The van der Waals surface area contributed by atoms with Gasteiger partial charge in [-0.1, -0.05) is 12.1 Å². The van der Waals surface area contributed by atoms with Crippen LogP contribution in [0.2, 0.25) is 0 Å². The maximum Gasteiger partial charge on any atom is 0.325 e. The molecule has 0 unspecified atom stereocenters. The fourth-order valence-corrected chi connectivity index (χ4v) is 4.30. The van der Waals surface area contributed by atoms with Crippen LogP contribution in [0, 0.1) is 0 Å². The van der Waals surface area contributed by atoms with Gasteiger partial charge in [0.05, 0.1) is 0 Å². The van der Waals surface area contributed by atoms with E-state index in [0.29, 0.717) is 24.5 Å². The molecule has 0 saturated carbocycles. The number of hydrogen-bond acceptors (Lipinski definition) is 5. The zero-order chi connectivity index (χ0) is 21.3. The molecule has 1 fully saturated rings. The Morgan fingerprint density at radius 2 is 2.03 bits per heavy atom. The Morgan fingerprint density at radius 1 is 1.23 bits per heavy atom. The Morgan fingerprint density at radius 3 is 2.77 bits per heavy atom. The van der Waals surface area contributed by atoms with Crippen LogP contribution in [0.25, 0.3) is 0 Å². The number of hydrogen-bond donors (Lipinski definition) is 1. The quantitative estimate of drug-likeness (QED) is 0.724. The summed E-state index contributed by atoms with van der Waals surface area (Å²) in [6.07, 6.45) is 6.35. The van der Waals surface area contributed by atoms with Gasteiger partial charge in [-0.2, -0.15) is 0 Å². The average Bonchev–Trinajstić information content (AvgIpc) is 3.27. The molecule has 160 valence electrons. The highest BCUT2D eigenvalue weighted by Crippen LogP contribution is 2.34. The second-order valence-corrected chi connectivity index (χ2v) is 8.10. The number of rotatable bonds is 6. The molecule has 4 amide bonds. The van der Waals surface area contributed by atoms with Crippen LogP contribution in [0.15, 0.2) is 30.0 Å². The highest BCUT2D eigenvalue weighted by atomic mass is 16.7. The maximum absolute atomic E-state index is 13.1. The predicted octanol–water partition coefficient (Wildman–Crippen LogP) is 2.57. The van der Waals surface area contributed by atoms with Gasteiger partial charge in [0.15, 0.2) is 11.5 Å². The van der Waals surface area contributed by atoms with Gasteiger partial charge >= 0.3 is 6.03 Å². The van der Waals surface area contributed by atoms with Crippen molar-refractivity contribution in [3.63, 3.8) is 0 Å². The molecule has 1 saturated heterocycles. The van der Waals surface area contributed by atoms with Gasteiger partial charge in [-0.25, -0.2) is 4.79 Å². The molecule has 1 N–H and O–H groups in total. The second kappa shape index (κ2) is 8.01. The number of fused-ring (bicyclic) bond motifs is 1. The summed E-state index contributed by atoms with van der Waals surface area (Å²) in [5.41, 5.74) is 0.710. The van der Waals surface area contributed by atoms with E-state index in [4.69, 9.17) is 9.47 Å². The minimum atomic E-state index is -1.12. The average molecular weight is 413 g/mol. The summed E-state index contributed by atoms with van der Waals surface area (Å²) < 4.78 is 10.7. The van der Waals surface area contributed by atoms with Crippen LogP contribution in [0.1, 0.15) is 45.1 Å². The van der Waals surface area contributed by atoms with Crippen LogP contribution in [0.4, 0.5) is 4.79 Å². The summed E-state index contributed by atoms with van der Waals surface area (Å²) in [6.45, 7) is 4.02. The van der Waals surface area contributed by atoms with Crippen molar-refractivity contribution in [2.45, 2.75) is 51.5 Å². The minimum absolute atomic E-state index is 0.173. The van der Waals surface area contributed by atoms with Gasteiger partial charge in [-0.3, -0.25) is 14.5 Å². The standard InChI is InChI=1S/C22H27N3O5/c1-3-24(16-7-5-4-6-8-16)19(26)13-25-20(27)22(2,23-21(25)28)12-15-9-10-17-18(11-15)30-14-29-17/h7,9-11H,3-6,8,12-14H2,1-2H3,(H,23,28)/t22-/m0/s1. The van der Waals surface area contributed by atoms with E-state index >= 15 is 0 Å². The predicted molar refractivity (Wildman–Crippen MR) is 109 cm³/mol. The molecule has 2 heterocycles. The van der Waals surface area contributed by atoms with Crippen LogP contribution in [-0.2, 0) is 16.0 Å².